The van der Waals surface area contributed by atoms with Crippen LogP contribution in [0.4, 0.5) is 55.1 Å². The molecule has 0 unspecified atom stereocenters. The number of aromatic nitrogens is 2. The van der Waals surface area contributed by atoms with E-state index in [0.29, 0.717) is 42.9 Å². The largest absolute Gasteiger partial charge is 0.461 e. The Kier molecular flexibility index (Phi) is 10.1. The summed E-state index contributed by atoms with van der Waals surface area (Å²) in [6.07, 6.45) is -10.9. The Bertz CT molecular complexity index is 2240. The van der Waals surface area contributed by atoms with Crippen molar-refractivity contribution >= 4 is 49.2 Å². The summed E-state index contributed by atoms with van der Waals surface area (Å²) in [6.45, 7) is -1.14. The standard InChI is InChI=1S/C36H35F9N8O2S/c1-50(2)33(54)51-10-6-19(16-51)53(11-8-37)31-21-12-23(35(40,41)42)26(20-4-5-24(39)29-25(20)22(14-46)30(47)56-29)27(36(43,44)45)28(21)48-32(49-31)55-17-34-7-3-9-52(34)15-18(38)13-34/h4-5,12,18-19H,3,6-11,13,15-17,47H2,1-2H3/t18-,19+,34+/m1/s1. The number of carbonyl (C=O) groups excluding carboxylic acids is 1. The smallest absolute Gasteiger partial charge is 0.419 e. The van der Waals surface area contributed by atoms with E-state index in [1.54, 1.807) is 6.07 Å². The molecule has 56 heavy (non-hydrogen) atoms. The van der Waals surface area contributed by atoms with E-state index in [1.807, 2.05) is 4.90 Å². The van der Waals surface area contributed by atoms with Crippen molar-refractivity contribution in [1.29, 1.82) is 5.26 Å². The molecule has 20 heteroatoms. The number of rotatable bonds is 8. The Hall–Kier alpha value is -4.77. The third kappa shape index (κ3) is 6.75. The lowest BCUT2D eigenvalue weighted by molar-refractivity contribution is -0.141. The van der Waals surface area contributed by atoms with Gasteiger partial charge in [0.15, 0.2) is 0 Å². The molecule has 0 aliphatic carbocycles. The van der Waals surface area contributed by atoms with Crippen molar-refractivity contribution in [2.45, 2.75) is 55.8 Å². The summed E-state index contributed by atoms with van der Waals surface area (Å²) in [5, 5.41) is 8.27. The molecule has 3 saturated heterocycles. The summed E-state index contributed by atoms with van der Waals surface area (Å²) in [4.78, 5) is 27.1. The third-order valence-corrected chi connectivity index (χ3v) is 11.9. The van der Waals surface area contributed by atoms with Crippen molar-refractivity contribution in [1.82, 2.24) is 24.7 Å². The highest BCUT2D eigenvalue weighted by Crippen LogP contribution is 2.52. The maximum Gasteiger partial charge on any atom is 0.419 e. The number of ether oxygens (including phenoxy) is 1. The van der Waals surface area contributed by atoms with Crippen LogP contribution >= 0.6 is 11.3 Å². The van der Waals surface area contributed by atoms with Crippen LogP contribution in [-0.4, -0.2) is 109 Å². The maximum absolute atomic E-state index is 15.7. The molecule has 4 aromatic rings. The van der Waals surface area contributed by atoms with E-state index in [1.165, 1.54) is 28.8 Å². The molecular formula is C36H35F9N8O2S. The molecule has 300 valence electrons. The van der Waals surface area contributed by atoms with Gasteiger partial charge < -0.3 is 25.2 Å². The molecule has 2 aromatic heterocycles. The van der Waals surface area contributed by atoms with Crippen LogP contribution in [0.3, 0.4) is 0 Å². The topological polar surface area (TPSA) is 115 Å². The van der Waals surface area contributed by atoms with E-state index in [4.69, 9.17) is 10.5 Å². The summed E-state index contributed by atoms with van der Waals surface area (Å²) in [7, 11) is 3.01. The van der Waals surface area contributed by atoms with E-state index >= 15 is 30.7 Å². The zero-order valence-corrected chi connectivity index (χ0v) is 30.8. The van der Waals surface area contributed by atoms with Gasteiger partial charge in [-0.15, -0.1) is 11.3 Å². The molecule has 3 fully saturated rings. The Morgan fingerprint density at radius 2 is 1.89 bits per heavy atom. The van der Waals surface area contributed by atoms with Crippen LogP contribution in [0, 0.1) is 17.1 Å². The van der Waals surface area contributed by atoms with Crippen LogP contribution < -0.4 is 15.4 Å². The first-order valence-electron chi connectivity index (χ1n) is 17.6. The van der Waals surface area contributed by atoms with Crippen molar-refractivity contribution in [3.8, 4) is 23.2 Å². The highest BCUT2D eigenvalue weighted by Gasteiger charge is 2.50. The first-order valence-corrected chi connectivity index (χ1v) is 18.4. The van der Waals surface area contributed by atoms with Gasteiger partial charge >= 0.3 is 24.4 Å². The SMILES string of the molecule is CN(C)C(=O)N1CC[C@H](N(CCF)c2nc(OC[C@@]34CCCN3C[C@H](F)C4)nc3c(C(F)(F)F)c(-c4ccc(F)c5sc(N)c(C#N)c45)c(C(F)(F)F)cc23)C1. The molecule has 2 N–H and O–H groups in total. The number of hydrogen-bond donors (Lipinski definition) is 1. The first kappa shape index (κ1) is 39.5. The molecule has 0 bridgehead atoms. The van der Waals surface area contributed by atoms with Gasteiger partial charge in [-0.25, -0.2) is 18.0 Å². The van der Waals surface area contributed by atoms with E-state index in [0.717, 1.165) is 6.07 Å². The molecule has 0 saturated carbocycles. The molecule has 3 atom stereocenters. The molecule has 3 aliphatic rings. The quantitative estimate of drug-likeness (QED) is 0.181. The Morgan fingerprint density at radius 3 is 2.55 bits per heavy atom. The number of anilines is 2. The molecule has 2 aromatic carbocycles. The van der Waals surface area contributed by atoms with Gasteiger partial charge in [0.25, 0.3) is 0 Å². The van der Waals surface area contributed by atoms with Gasteiger partial charge in [0.2, 0.25) is 0 Å². The number of thiophene rings is 1. The van der Waals surface area contributed by atoms with Gasteiger partial charge in [-0.3, -0.25) is 4.90 Å². The van der Waals surface area contributed by atoms with Gasteiger partial charge in [0.05, 0.1) is 32.4 Å². The number of alkyl halides is 8. The van der Waals surface area contributed by atoms with E-state index in [2.05, 4.69) is 9.97 Å². The fourth-order valence-electron chi connectivity index (χ4n) is 8.46. The third-order valence-electron chi connectivity index (χ3n) is 10.8. The number of fused-ring (bicyclic) bond motifs is 3. The fraction of sp³-hybridized carbons (Fsp3) is 0.500. The number of urea groups is 1. The Morgan fingerprint density at radius 1 is 1.14 bits per heavy atom. The zero-order chi connectivity index (χ0) is 40.5. The number of carbonyl (C=O) groups is 1. The van der Waals surface area contributed by atoms with Crippen molar-refractivity contribution in [3.05, 3.63) is 40.7 Å². The number of halogens is 9. The Balaban J connectivity index is 1.53. The number of nitrogens with zero attached hydrogens (tertiary/aromatic N) is 7. The van der Waals surface area contributed by atoms with Crippen LogP contribution in [0.2, 0.25) is 0 Å². The van der Waals surface area contributed by atoms with Crippen molar-refractivity contribution in [2.75, 3.05) is 70.7 Å². The van der Waals surface area contributed by atoms with Gasteiger partial charge in [0.1, 0.15) is 42.2 Å². The second kappa shape index (κ2) is 14.3. The molecule has 3 aliphatic heterocycles. The zero-order valence-electron chi connectivity index (χ0n) is 30.0. The van der Waals surface area contributed by atoms with Gasteiger partial charge in [-0.05, 0) is 43.5 Å². The van der Waals surface area contributed by atoms with Crippen LogP contribution in [0.5, 0.6) is 6.01 Å². The summed E-state index contributed by atoms with van der Waals surface area (Å²) in [6, 6.07) is 1.62. The second-order valence-electron chi connectivity index (χ2n) is 14.5. The molecule has 0 radical (unpaired) electrons. The normalized spacial score (nSPS) is 21.6. The molecule has 7 rings (SSSR count). The predicted molar refractivity (Wildman–Crippen MR) is 190 cm³/mol. The predicted octanol–water partition coefficient (Wildman–Crippen LogP) is 7.63. The first-order chi connectivity index (χ1) is 26.4. The van der Waals surface area contributed by atoms with Crippen molar-refractivity contribution < 1.29 is 49.0 Å². The molecule has 5 heterocycles. The number of likely N-dealkylation sites (tertiary alicyclic amines) is 1. The van der Waals surface area contributed by atoms with Crippen LogP contribution in [-0.2, 0) is 12.4 Å². The summed E-state index contributed by atoms with van der Waals surface area (Å²) in [5.74, 6) is -1.53. The lowest BCUT2D eigenvalue weighted by Crippen LogP contribution is -2.44. The fourth-order valence-corrected chi connectivity index (χ4v) is 9.40. The molecule has 2 amide bonds. The number of nitrogens with two attached hydrogens (primary N) is 1. The van der Waals surface area contributed by atoms with Crippen LogP contribution in [0.1, 0.15) is 42.4 Å². The second-order valence-corrected chi connectivity index (χ2v) is 15.5. The van der Waals surface area contributed by atoms with Gasteiger partial charge in [-0.1, -0.05) is 6.07 Å². The van der Waals surface area contributed by atoms with E-state index in [9.17, 15) is 18.8 Å². The number of hydrogen-bond acceptors (Lipinski definition) is 9. The Labute approximate surface area is 318 Å². The van der Waals surface area contributed by atoms with E-state index < -0.39 is 116 Å². The molecule has 0 spiro atoms. The number of nitrogen functional groups attached to an aromatic ring is 1. The highest BCUT2D eigenvalue weighted by atomic mass is 32.1. The van der Waals surface area contributed by atoms with Crippen LogP contribution in [0.25, 0.3) is 32.1 Å². The number of nitriles is 1. The van der Waals surface area contributed by atoms with Crippen LogP contribution in [0.15, 0.2) is 18.2 Å². The number of amides is 2. The maximum atomic E-state index is 15.7. The molecule has 10 nitrogen and oxygen atoms in total. The van der Waals surface area contributed by atoms with Gasteiger partial charge in [-0.2, -0.15) is 41.6 Å². The average Bonchev–Trinajstić information content (AvgIpc) is 3.90. The summed E-state index contributed by atoms with van der Waals surface area (Å²) < 4.78 is 143. The average molecular weight is 815 g/mol. The highest BCUT2D eigenvalue weighted by molar-refractivity contribution is 7.23. The number of benzene rings is 2. The minimum atomic E-state index is -5.59. The summed E-state index contributed by atoms with van der Waals surface area (Å²) in [5.41, 5.74) is -2.39. The van der Waals surface area contributed by atoms with E-state index in [-0.39, 0.29) is 44.1 Å². The minimum absolute atomic E-state index is 0.0604. The molecular weight excluding hydrogens is 779 g/mol. The monoisotopic (exact) mass is 814 g/mol. The van der Waals surface area contributed by atoms with Gasteiger partial charge in [0, 0.05) is 69.1 Å². The van der Waals surface area contributed by atoms with Crippen molar-refractivity contribution in [3.63, 3.8) is 0 Å². The lowest BCUT2D eigenvalue weighted by Gasteiger charge is -2.33. The summed E-state index contributed by atoms with van der Waals surface area (Å²) >= 11 is 0.495. The minimum Gasteiger partial charge on any atom is -0.461 e. The van der Waals surface area contributed by atoms with Crippen molar-refractivity contribution in [2.24, 2.45) is 0 Å². The lowest BCUT2D eigenvalue weighted by atomic mass is 9.88.